The first kappa shape index (κ1) is 33.2. The number of hydrogen-bond donors (Lipinski definition) is 1. The molecule has 0 spiro atoms. The standard InChI is InChI=1S/C29H28N2O6.C2HF3O2/c1-34-24-10-8-19(15-26(24)36-3)13-21-17-31(29(33)23-7-5-6-12-30-23)18-22(28(21)32)14-20-9-11-25(35-2)27(16-20)37-4;3-2(4,5)1(6)7/h5-16H,17-18H2,1-4H3;(H,6,7). The summed E-state index contributed by atoms with van der Waals surface area (Å²) in [5.41, 5.74) is 2.74. The molecule has 1 aliphatic heterocycles. The number of alkyl halides is 3. The Kier molecular flexibility index (Phi) is 11.1. The number of methoxy groups -OCH3 is 4. The third-order valence-electron chi connectivity index (χ3n) is 6.22. The van der Waals surface area contributed by atoms with E-state index in [0.717, 1.165) is 11.1 Å². The van der Waals surface area contributed by atoms with Crippen molar-refractivity contribution in [3.8, 4) is 23.0 Å². The average molecular weight is 615 g/mol. The zero-order valence-electron chi connectivity index (χ0n) is 24.2. The second-order valence-electron chi connectivity index (χ2n) is 9.08. The zero-order chi connectivity index (χ0) is 32.4. The highest BCUT2D eigenvalue weighted by atomic mass is 19.4. The summed E-state index contributed by atoms with van der Waals surface area (Å²) in [7, 11) is 6.23. The lowest BCUT2D eigenvalue weighted by molar-refractivity contribution is -0.192. The van der Waals surface area contributed by atoms with Crippen molar-refractivity contribution in [1.29, 1.82) is 0 Å². The first-order valence-electron chi connectivity index (χ1n) is 12.8. The lowest BCUT2D eigenvalue weighted by atomic mass is 9.93. The molecular formula is C31H29F3N2O8. The Bertz CT molecular complexity index is 1490. The molecule has 0 unspecified atom stereocenters. The van der Waals surface area contributed by atoms with Gasteiger partial charge in [-0.2, -0.15) is 13.2 Å². The molecule has 13 heteroatoms. The number of carboxylic acid groups (broad SMARTS) is 1. The Morgan fingerprint density at radius 3 is 1.61 bits per heavy atom. The number of piperidine rings is 1. The Hall–Kier alpha value is -5.33. The van der Waals surface area contributed by atoms with E-state index in [0.29, 0.717) is 39.8 Å². The van der Waals surface area contributed by atoms with Crippen LogP contribution in [0.5, 0.6) is 23.0 Å². The number of nitrogens with zero attached hydrogens (tertiary/aromatic N) is 2. The fourth-order valence-corrected chi connectivity index (χ4v) is 4.12. The summed E-state index contributed by atoms with van der Waals surface area (Å²) in [6, 6.07) is 16.0. The molecule has 1 aliphatic rings. The summed E-state index contributed by atoms with van der Waals surface area (Å²) in [4.78, 5) is 41.6. The van der Waals surface area contributed by atoms with Gasteiger partial charge in [0, 0.05) is 17.3 Å². The summed E-state index contributed by atoms with van der Waals surface area (Å²) < 4.78 is 53.2. The third-order valence-corrected chi connectivity index (χ3v) is 6.22. The van der Waals surface area contributed by atoms with E-state index in [1.165, 1.54) is 0 Å². The average Bonchev–Trinajstić information content (AvgIpc) is 3.02. The number of amides is 1. The highest BCUT2D eigenvalue weighted by Crippen LogP contribution is 2.31. The van der Waals surface area contributed by atoms with Gasteiger partial charge in [0.2, 0.25) is 0 Å². The quantitative estimate of drug-likeness (QED) is 0.369. The number of pyridine rings is 1. The second-order valence-corrected chi connectivity index (χ2v) is 9.08. The lowest BCUT2D eigenvalue weighted by Crippen LogP contribution is -2.41. The van der Waals surface area contributed by atoms with Crippen molar-refractivity contribution in [3.63, 3.8) is 0 Å². The van der Waals surface area contributed by atoms with Gasteiger partial charge in [-0.3, -0.25) is 14.6 Å². The number of ether oxygens (including phenoxy) is 4. The Labute approximate surface area is 250 Å². The first-order valence-corrected chi connectivity index (χ1v) is 12.8. The Morgan fingerprint density at radius 2 is 1.25 bits per heavy atom. The molecule has 0 aliphatic carbocycles. The SMILES string of the molecule is COc1ccc(C=C2CN(C(=O)c3ccccn3)CC(=Cc3ccc(OC)c(OC)c3)C2=O)cc1OC.O=C(O)C(F)(F)F. The minimum absolute atomic E-state index is 0.144. The van der Waals surface area contributed by atoms with E-state index in [4.69, 9.17) is 28.8 Å². The monoisotopic (exact) mass is 614 g/mol. The van der Waals surface area contributed by atoms with E-state index in [1.54, 1.807) is 94.2 Å². The normalized spacial score (nSPS) is 14.9. The van der Waals surface area contributed by atoms with E-state index >= 15 is 0 Å². The predicted octanol–water partition coefficient (Wildman–Crippen LogP) is 4.94. The summed E-state index contributed by atoms with van der Waals surface area (Å²) in [6.07, 6.45) is 0.0261. The minimum Gasteiger partial charge on any atom is -0.493 e. The number of benzene rings is 2. The van der Waals surface area contributed by atoms with Gasteiger partial charge >= 0.3 is 12.1 Å². The van der Waals surface area contributed by atoms with Gasteiger partial charge in [-0.15, -0.1) is 0 Å². The van der Waals surface area contributed by atoms with Gasteiger partial charge in [0.15, 0.2) is 28.8 Å². The van der Waals surface area contributed by atoms with Crippen molar-refractivity contribution >= 4 is 29.8 Å². The molecule has 10 nitrogen and oxygen atoms in total. The van der Waals surface area contributed by atoms with Crippen LogP contribution in [0.4, 0.5) is 13.2 Å². The molecule has 1 saturated heterocycles. The zero-order valence-corrected chi connectivity index (χ0v) is 24.2. The van der Waals surface area contributed by atoms with Crippen LogP contribution in [0.25, 0.3) is 12.2 Å². The lowest BCUT2D eigenvalue weighted by Gasteiger charge is -2.29. The van der Waals surface area contributed by atoms with Gasteiger partial charge in [-0.1, -0.05) is 18.2 Å². The largest absolute Gasteiger partial charge is 0.493 e. The molecule has 0 bridgehead atoms. The fourth-order valence-electron chi connectivity index (χ4n) is 4.12. The van der Waals surface area contributed by atoms with E-state index in [1.807, 2.05) is 12.1 Å². The highest BCUT2D eigenvalue weighted by Gasteiger charge is 2.38. The van der Waals surface area contributed by atoms with Crippen molar-refractivity contribution in [2.24, 2.45) is 0 Å². The molecule has 1 aromatic heterocycles. The molecule has 0 saturated carbocycles. The number of aliphatic carboxylic acids is 1. The van der Waals surface area contributed by atoms with Gasteiger partial charge in [0.25, 0.3) is 5.91 Å². The number of likely N-dealkylation sites (tertiary alicyclic amines) is 1. The first-order chi connectivity index (χ1) is 20.9. The number of hydrogen-bond acceptors (Lipinski definition) is 8. The van der Waals surface area contributed by atoms with Crippen LogP contribution >= 0.6 is 0 Å². The molecule has 0 atom stereocenters. The molecule has 2 heterocycles. The number of aromatic nitrogens is 1. The molecular weight excluding hydrogens is 585 g/mol. The maximum Gasteiger partial charge on any atom is 0.490 e. The number of carbonyl (C=O) groups excluding carboxylic acids is 2. The molecule has 1 fully saturated rings. The Morgan fingerprint density at radius 1 is 0.795 bits per heavy atom. The summed E-state index contributed by atoms with van der Waals surface area (Å²) >= 11 is 0. The van der Waals surface area contributed by atoms with Crippen LogP contribution in [0.1, 0.15) is 21.6 Å². The number of halogens is 3. The minimum atomic E-state index is -5.08. The van der Waals surface area contributed by atoms with Crippen LogP contribution in [-0.2, 0) is 9.59 Å². The number of ketones is 1. The van der Waals surface area contributed by atoms with E-state index < -0.39 is 12.1 Å². The van der Waals surface area contributed by atoms with Crippen LogP contribution < -0.4 is 18.9 Å². The van der Waals surface area contributed by atoms with Gasteiger partial charge in [-0.05, 0) is 59.7 Å². The van der Waals surface area contributed by atoms with Gasteiger partial charge in [0.1, 0.15) is 5.69 Å². The van der Waals surface area contributed by atoms with Crippen LogP contribution in [0.2, 0.25) is 0 Å². The molecule has 2 aromatic carbocycles. The molecule has 1 amide bonds. The topological polar surface area (TPSA) is 124 Å². The molecule has 1 N–H and O–H groups in total. The summed E-state index contributed by atoms with van der Waals surface area (Å²) in [5.74, 6) is -0.905. The van der Waals surface area contributed by atoms with Crippen molar-refractivity contribution in [3.05, 3.63) is 88.8 Å². The van der Waals surface area contributed by atoms with E-state index in [2.05, 4.69) is 4.98 Å². The van der Waals surface area contributed by atoms with Gasteiger partial charge in [-0.25, -0.2) is 4.79 Å². The van der Waals surface area contributed by atoms with Gasteiger partial charge in [0.05, 0.1) is 41.5 Å². The second kappa shape index (κ2) is 14.7. The molecule has 3 aromatic rings. The van der Waals surface area contributed by atoms with Crippen LogP contribution in [0.15, 0.2) is 71.9 Å². The van der Waals surface area contributed by atoms with Crippen molar-refractivity contribution < 1.29 is 51.6 Å². The smallest absolute Gasteiger partial charge is 0.490 e. The number of rotatable bonds is 7. The molecule has 0 radical (unpaired) electrons. The molecule has 4 rings (SSSR count). The van der Waals surface area contributed by atoms with Crippen LogP contribution in [0.3, 0.4) is 0 Å². The van der Waals surface area contributed by atoms with E-state index in [-0.39, 0.29) is 24.8 Å². The van der Waals surface area contributed by atoms with Crippen LogP contribution in [-0.4, -0.2) is 80.4 Å². The fraction of sp³-hybridized carbons (Fsp3) is 0.226. The maximum absolute atomic E-state index is 13.6. The highest BCUT2D eigenvalue weighted by molar-refractivity contribution is 6.15. The van der Waals surface area contributed by atoms with Crippen molar-refractivity contribution in [1.82, 2.24) is 9.88 Å². The van der Waals surface area contributed by atoms with Gasteiger partial charge < -0.3 is 29.0 Å². The third kappa shape index (κ3) is 8.37. The van der Waals surface area contributed by atoms with E-state index in [9.17, 15) is 22.8 Å². The molecule has 232 valence electrons. The number of Topliss-reactive ketones (excluding diaryl/α,β-unsaturated/α-hetero) is 1. The predicted molar refractivity (Wildman–Crippen MR) is 154 cm³/mol. The summed E-state index contributed by atoms with van der Waals surface area (Å²) in [5, 5.41) is 7.12. The maximum atomic E-state index is 13.6. The Balaban J connectivity index is 0.000000676. The molecule has 44 heavy (non-hydrogen) atoms. The number of carbonyl (C=O) groups is 3. The van der Waals surface area contributed by atoms with Crippen molar-refractivity contribution in [2.75, 3.05) is 41.5 Å². The van der Waals surface area contributed by atoms with Crippen LogP contribution in [0, 0.1) is 0 Å². The van der Waals surface area contributed by atoms with Crippen molar-refractivity contribution in [2.45, 2.75) is 6.18 Å². The number of carboxylic acids is 1. The summed E-state index contributed by atoms with van der Waals surface area (Å²) in [6.45, 7) is 0.289.